The van der Waals surface area contributed by atoms with E-state index in [1.807, 2.05) is 6.07 Å². The van der Waals surface area contributed by atoms with Gasteiger partial charge in [0.25, 0.3) is 0 Å². The van der Waals surface area contributed by atoms with Crippen molar-refractivity contribution in [3.05, 3.63) is 23.2 Å². The van der Waals surface area contributed by atoms with Crippen molar-refractivity contribution >= 4 is 23.2 Å². The van der Waals surface area contributed by atoms with Crippen LogP contribution in [0.2, 0.25) is 5.02 Å². The lowest BCUT2D eigenvalue weighted by Crippen LogP contribution is -2.22. The molecule has 1 saturated carbocycles. The van der Waals surface area contributed by atoms with Gasteiger partial charge in [-0.2, -0.15) is 5.26 Å². The van der Waals surface area contributed by atoms with Crippen molar-refractivity contribution in [3.63, 3.8) is 0 Å². The molecule has 5 heteroatoms. The van der Waals surface area contributed by atoms with Gasteiger partial charge in [0, 0.05) is 6.07 Å². The zero-order valence-corrected chi connectivity index (χ0v) is 10.0. The Morgan fingerprint density at radius 3 is 2.82 bits per heavy atom. The molecule has 1 aliphatic rings. The smallest absolute Gasteiger partial charge is 0.244 e. The second-order valence-corrected chi connectivity index (χ2v) is 4.40. The molecule has 4 nitrogen and oxygen atoms in total. The maximum atomic E-state index is 11.8. The highest BCUT2D eigenvalue weighted by Gasteiger charge is 2.50. The summed E-state index contributed by atoms with van der Waals surface area (Å²) in [7, 11) is 1.53. The summed E-state index contributed by atoms with van der Waals surface area (Å²) >= 11 is 5.96. The minimum absolute atomic E-state index is 0.296. The van der Waals surface area contributed by atoms with Gasteiger partial charge >= 0.3 is 0 Å². The Morgan fingerprint density at radius 1 is 1.59 bits per heavy atom. The molecule has 0 radical (unpaired) electrons. The standard InChI is InChI=1S/C12H11ClN2O2/c1-17-8-2-3-9(13)10(6-8)15-11(16)12(7-14)4-5-12/h2-3,6H,4-5H2,1H3,(H,15,16). The van der Waals surface area contributed by atoms with Gasteiger partial charge in [0.2, 0.25) is 5.91 Å². The molecule has 1 N–H and O–H groups in total. The van der Waals surface area contributed by atoms with Gasteiger partial charge in [-0.25, -0.2) is 0 Å². The Hall–Kier alpha value is -1.73. The fourth-order valence-corrected chi connectivity index (χ4v) is 1.65. The van der Waals surface area contributed by atoms with Crippen molar-refractivity contribution in [2.45, 2.75) is 12.8 Å². The first-order valence-electron chi connectivity index (χ1n) is 5.17. The molecule has 0 aliphatic heterocycles. The highest BCUT2D eigenvalue weighted by atomic mass is 35.5. The van der Waals surface area contributed by atoms with E-state index in [2.05, 4.69) is 5.32 Å². The van der Waals surface area contributed by atoms with Crippen LogP contribution in [0.3, 0.4) is 0 Å². The molecular formula is C12H11ClN2O2. The molecule has 0 heterocycles. The van der Waals surface area contributed by atoms with Gasteiger partial charge in [-0.3, -0.25) is 4.79 Å². The van der Waals surface area contributed by atoms with Crippen molar-refractivity contribution in [2.24, 2.45) is 5.41 Å². The summed E-state index contributed by atoms with van der Waals surface area (Å²) in [4.78, 5) is 11.8. The van der Waals surface area contributed by atoms with Crippen LogP contribution >= 0.6 is 11.6 Å². The topological polar surface area (TPSA) is 62.1 Å². The van der Waals surface area contributed by atoms with Crippen LogP contribution in [0.25, 0.3) is 0 Å². The first-order chi connectivity index (χ1) is 8.11. The lowest BCUT2D eigenvalue weighted by molar-refractivity contribution is -0.119. The van der Waals surface area contributed by atoms with E-state index in [9.17, 15) is 4.79 Å². The zero-order chi connectivity index (χ0) is 12.5. The summed E-state index contributed by atoms with van der Waals surface area (Å²) in [6.07, 6.45) is 1.22. The molecule has 0 aromatic heterocycles. The molecule has 1 aliphatic carbocycles. The molecule has 88 valence electrons. The molecule has 0 unspecified atom stereocenters. The number of methoxy groups -OCH3 is 1. The molecular weight excluding hydrogens is 240 g/mol. The number of carbonyl (C=O) groups excluding carboxylic acids is 1. The van der Waals surface area contributed by atoms with Crippen LogP contribution in [0.4, 0.5) is 5.69 Å². The van der Waals surface area contributed by atoms with Crippen molar-refractivity contribution < 1.29 is 9.53 Å². The SMILES string of the molecule is COc1ccc(Cl)c(NC(=O)C2(C#N)CC2)c1. The number of ether oxygens (including phenoxy) is 1. The maximum absolute atomic E-state index is 11.8. The molecule has 1 aromatic rings. The third-order valence-corrected chi connectivity index (χ3v) is 3.15. The summed E-state index contributed by atoms with van der Waals surface area (Å²) in [5.74, 6) is 0.307. The van der Waals surface area contributed by atoms with Gasteiger partial charge in [0.1, 0.15) is 11.2 Å². The zero-order valence-electron chi connectivity index (χ0n) is 9.29. The van der Waals surface area contributed by atoms with Crippen LogP contribution in [-0.4, -0.2) is 13.0 Å². The lowest BCUT2D eigenvalue weighted by atomic mass is 10.1. The molecule has 2 rings (SSSR count). The molecule has 0 spiro atoms. The number of amides is 1. The summed E-state index contributed by atoms with van der Waals surface area (Å²) < 4.78 is 5.04. The number of rotatable bonds is 3. The average molecular weight is 251 g/mol. The molecule has 1 amide bonds. The Balaban J connectivity index is 2.19. The number of nitrogens with one attached hydrogen (secondary N) is 1. The number of hydrogen-bond acceptors (Lipinski definition) is 3. The fraction of sp³-hybridized carbons (Fsp3) is 0.333. The van der Waals surface area contributed by atoms with E-state index in [1.165, 1.54) is 7.11 Å². The van der Waals surface area contributed by atoms with Crippen LogP contribution in [0.1, 0.15) is 12.8 Å². The first-order valence-corrected chi connectivity index (χ1v) is 5.55. The minimum atomic E-state index is -0.855. The van der Waals surface area contributed by atoms with E-state index in [4.69, 9.17) is 21.6 Å². The summed E-state index contributed by atoms with van der Waals surface area (Å²) in [6.45, 7) is 0. The quantitative estimate of drug-likeness (QED) is 0.897. The van der Waals surface area contributed by atoms with Crippen LogP contribution in [0, 0.1) is 16.7 Å². The van der Waals surface area contributed by atoms with Crippen LogP contribution in [0.5, 0.6) is 5.75 Å². The van der Waals surface area contributed by atoms with Crippen LogP contribution in [-0.2, 0) is 4.79 Å². The summed E-state index contributed by atoms with van der Waals surface area (Å²) in [5.41, 5.74) is -0.385. The molecule has 0 atom stereocenters. The van der Waals surface area contributed by atoms with Crippen LogP contribution in [0.15, 0.2) is 18.2 Å². The second-order valence-electron chi connectivity index (χ2n) is 3.99. The largest absolute Gasteiger partial charge is 0.497 e. The van der Waals surface area contributed by atoms with E-state index in [-0.39, 0.29) is 5.91 Å². The first kappa shape index (κ1) is 11.7. The van der Waals surface area contributed by atoms with Gasteiger partial charge in [-0.05, 0) is 25.0 Å². The molecule has 1 aromatic carbocycles. The van der Waals surface area contributed by atoms with Gasteiger partial charge in [-0.15, -0.1) is 0 Å². The number of nitrogens with zero attached hydrogens (tertiary/aromatic N) is 1. The second kappa shape index (κ2) is 4.27. The third-order valence-electron chi connectivity index (χ3n) is 2.82. The number of nitriles is 1. The van der Waals surface area contributed by atoms with Crippen molar-refractivity contribution in [3.8, 4) is 11.8 Å². The van der Waals surface area contributed by atoms with E-state index >= 15 is 0 Å². The minimum Gasteiger partial charge on any atom is -0.497 e. The number of anilines is 1. The third kappa shape index (κ3) is 2.20. The van der Waals surface area contributed by atoms with Crippen molar-refractivity contribution in [2.75, 3.05) is 12.4 Å². The highest BCUT2D eigenvalue weighted by Crippen LogP contribution is 2.46. The Kier molecular flexibility index (Phi) is 2.95. The highest BCUT2D eigenvalue weighted by molar-refractivity contribution is 6.33. The number of benzene rings is 1. The van der Waals surface area contributed by atoms with Gasteiger partial charge in [-0.1, -0.05) is 11.6 Å². The Bertz CT molecular complexity index is 504. The predicted octanol–water partition coefficient (Wildman–Crippen LogP) is 2.59. The molecule has 0 saturated heterocycles. The molecule has 1 fully saturated rings. The van der Waals surface area contributed by atoms with Crippen LogP contribution < -0.4 is 10.1 Å². The monoisotopic (exact) mass is 250 g/mol. The molecule has 17 heavy (non-hydrogen) atoms. The van der Waals surface area contributed by atoms with E-state index < -0.39 is 5.41 Å². The summed E-state index contributed by atoms with van der Waals surface area (Å²) in [6, 6.07) is 7.01. The number of halogens is 1. The predicted molar refractivity (Wildman–Crippen MR) is 63.9 cm³/mol. The van der Waals surface area contributed by atoms with E-state index in [0.717, 1.165) is 0 Å². The normalized spacial score (nSPS) is 15.8. The van der Waals surface area contributed by atoms with E-state index in [0.29, 0.717) is 29.3 Å². The van der Waals surface area contributed by atoms with Crippen molar-refractivity contribution in [1.82, 2.24) is 0 Å². The van der Waals surface area contributed by atoms with Gasteiger partial charge in [0.05, 0.1) is 23.9 Å². The lowest BCUT2D eigenvalue weighted by Gasteiger charge is -2.11. The summed E-state index contributed by atoms with van der Waals surface area (Å²) in [5, 5.41) is 12.0. The number of hydrogen-bond donors (Lipinski definition) is 1. The molecule has 0 bridgehead atoms. The average Bonchev–Trinajstić information content (AvgIpc) is 3.13. The Labute approximate surface area is 104 Å². The van der Waals surface area contributed by atoms with Gasteiger partial charge in [0.15, 0.2) is 0 Å². The fourth-order valence-electron chi connectivity index (χ4n) is 1.48. The number of carbonyl (C=O) groups is 1. The maximum Gasteiger partial charge on any atom is 0.244 e. The Morgan fingerprint density at radius 2 is 2.29 bits per heavy atom. The van der Waals surface area contributed by atoms with E-state index in [1.54, 1.807) is 18.2 Å². The van der Waals surface area contributed by atoms with Crippen molar-refractivity contribution in [1.29, 1.82) is 5.26 Å². The van der Waals surface area contributed by atoms with Gasteiger partial charge < -0.3 is 10.1 Å².